The molecule has 0 radical (unpaired) electrons. The van der Waals surface area contributed by atoms with E-state index in [1.807, 2.05) is 6.92 Å². The molecule has 0 aliphatic carbocycles. The minimum atomic E-state index is -1.10. The number of nitrogens with one attached hydrogen (secondary N) is 2. The Kier molecular flexibility index (Phi) is 6.71. The number of carbonyl (C=O) groups is 1. The zero-order chi connectivity index (χ0) is 22.4. The lowest BCUT2D eigenvalue weighted by Gasteiger charge is -2.08. The number of furan rings is 1. The number of H-pyrrole nitrogens is 1. The first-order valence-electron chi connectivity index (χ1n) is 9.29. The fourth-order valence-electron chi connectivity index (χ4n) is 2.79. The first kappa shape index (κ1) is 21.6. The molecule has 0 atom stereocenters. The van der Waals surface area contributed by atoms with Crippen LogP contribution >= 0.6 is 0 Å². The third-order valence-electron chi connectivity index (χ3n) is 4.28. The minimum Gasteiger partial charge on any atom is -0.472 e. The van der Waals surface area contributed by atoms with Gasteiger partial charge in [0.15, 0.2) is 5.82 Å². The van der Waals surface area contributed by atoms with Crippen molar-refractivity contribution in [1.82, 2.24) is 9.97 Å². The lowest BCUT2D eigenvalue weighted by molar-refractivity contribution is 0.101. The third kappa shape index (κ3) is 4.74. The van der Waals surface area contributed by atoms with Crippen molar-refractivity contribution in [3.05, 3.63) is 71.3 Å². The van der Waals surface area contributed by atoms with Crippen LogP contribution in [0.4, 0.5) is 20.2 Å². The van der Waals surface area contributed by atoms with E-state index in [4.69, 9.17) is 15.1 Å². The van der Waals surface area contributed by atoms with E-state index in [1.165, 1.54) is 6.20 Å². The number of hydrogen-bond acceptors (Lipinski definition) is 6. The summed E-state index contributed by atoms with van der Waals surface area (Å²) in [6, 6.07) is 5.44. The highest BCUT2D eigenvalue weighted by Crippen LogP contribution is 2.30. The van der Waals surface area contributed by atoms with Gasteiger partial charge in [0.2, 0.25) is 0 Å². The van der Waals surface area contributed by atoms with E-state index in [2.05, 4.69) is 20.5 Å². The monoisotopic (exact) mass is 427 g/mol. The van der Waals surface area contributed by atoms with Gasteiger partial charge in [0.1, 0.15) is 17.0 Å². The van der Waals surface area contributed by atoms with Crippen LogP contribution in [0.15, 0.2) is 58.8 Å². The Labute approximate surface area is 175 Å². The van der Waals surface area contributed by atoms with E-state index >= 15 is 0 Å². The average Bonchev–Trinajstić information content (AvgIpc) is 3.41. The van der Waals surface area contributed by atoms with Crippen molar-refractivity contribution in [1.29, 1.82) is 0 Å². The number of hydrogen-bond donors (Lipinski definition) is 3. The summed E-state index contributed by atoms with van der Waals surface area (Å²) in [6.07, 6.45) is 7.12. The van der Waals surface area contributed by atoms with Crippen LogP contribution < -0.4 is 11.1 Å². The summed E-state index contributed by atoms with van der Waals surface area (Å²) < 4.78 is 32.9. The molecule has 0 saturated carbocycles. The maximum absolute atomic E-state index is 14.0. The Bertz CT molecular complexity index is 1210. The number of aromatic nitrogens is 2. The fraction of sp³-hybridized carbons (Fsp3) is 0.143. The molecule has 1 amide bonds. The molecule has 4 N–H and O–H groups in total. The van der Waals surface area contributed by atoms with Gasteiger partial charge in [0, 0.05) is 22.7 Å². The highest BCUT2D eigenvalue weighted by molar-refractivity contribution is 6.06. The number of nitrogens with two attached hydrogens (primary N) is 1. The van der Waals surface area contributed by atoms with Gasteiger partial charge in [-0.1, -0.05) is 12.1 Å². The van der Waals surface area contributed by atoms with Crippen LogP contribution in [0.2, 0.25) is 0 Å². The van der Waals surface area contributed by atoms with Crippen LogP contribution in [-0.4, -0.2) is 22.4 Å². The largest absolute Gasteiger partial charge is 0.472 e. The third-order valence-corrected chi connectivity index (χ3v) is 4.28. The smallest absolute Gasteiger partial charge is 0.261 e. The Morgan fingerprint density at radius 2 is 2.13 bits per heavy atom. The van der Waals surface area contributed by atoms with Crippen molar-refractivity contribution in [2.24, 2.45) is 5.18 Å². The maximum Gasteiger partial charge on any atom is 0.261 e. The molecule has 31 heavy (non-hydrogen) atoms. The second kappa shape index (κ2) is 9.61. The molecular formula is C21H19F2N5O3. The van der Waals surface area contributed by atoms with Crippen LogP contribution in [0.25, 0.3) is 22.2 Å². The van der Waals surface area contributed by atoms with Crippen LogP contribution in [-0.2, 0) is 0 Å². The number of nitrogens with zero attached hydrogens (tertiary/aromatic N) is 2. The first-order chi connectivity index (χ1) is 15.0. The van der Waals surface area contributed by atoms with Crippen molar-refractivity contribution in [2.75, 3.05) is 17.6 Å². The van der Waals surface area contributed by atoms with Gasteiger partial charge in [-0.15, -0.1) is 0 Å². The Morgan fingerprint density at radius 3 is 2.77 bits per heavy atom. The number of pyridine rings is 1. The molecule has 3 aromatic heterocycles. The van der Waals surface area contributed by atoms with E-state index in [0.717, 1.165) is 35.1 Å². The van der Waals surface area contributed by atoms with Gasteiger partial charge in [0.05, 0.1) is 36.6 Å². The number of benzene rings is 1. The second-order valence-corrected chi connectivity index (χ2v) is 6.47. The van der Waals surface area contributed by atoms with Crippen LogP contribution in [0.3, 0.4) is 0 Å². The molecule has 8 nitrogen and oxygen atoms in total. The van der Waals surface area contributed by atoms with Crippen LogP contribution in [0, 0.1) is 16.5 Å². The predicted molar refractivity (Wildman–Crippen MR) is 113 cm³/mol. The Balaban J connectivity index is 0.000000491. The molecule has 0 spiro atoms. The van der Waals surface area contributed by atoms with E-state index in [-0.39, 0.29) is 11.4 Å². The van der Waals surface area contributed by atoms with Gasteiger partial charge in [-0.25, -0.2) is 13.8 Å². The lowest BCUT2D eigenvalue weighted by Crippen LogP contribution is -2.17. The van der Waals surface area contributed by atoms with E-state index in [1.54, 1.807) is 30.9 Å². The summed E-state index contributed by atoms with van der Waals surface area (Å²) in [5.41, 5.74) is 6.89. The summed E-state index contributed by atoms with van der Waals surface area (Å²) in [6.45, 7) is 2.38. The predicted octanol–water partition coefficient (Wildman–Crippen LogP) is 5.10. The SMILES string of the molecule is CCCN=O.Nc1ccc(F)c(C(=O)Nc2cnc3[nH]cc(-c4ccoc4)c3c2)c1F. The van der Waals surface area contributed by atoms with E-state index < -0.39 is 23.1 Å². The van der Waals surface area contributed by atoms with Crippen molar-refractivity contribution in [3.8, 4) is 11.1 Å². The van der Waals surface area contributed by atoms with Gasteiger partial charge in [-0.3, -0.25) is 4.79 Å². The molecule has 0 aliphatic heterocycles. The number of nitroso groups, excluding NO2 is 1. The molecule has 3 heterocycles. The van der Waals surface area contributed by atoms with Crippen LogP contribution in [0.1, 0.15) is 23.7 Å². The minimum absolute atomic E-state index is 0.285. The molecule has 4 aromatic rings. The van der Waals surface area contributed by atoms with Gasteiger partial charge in [0.25, 0.3) is 5.91 Å². The number of aromatic amines is 1. The highest BCUT2D eigenvalue weighted by atomic mass is 19.1. The standard InChI is InChI=1S/C18H12F2N4O2.C3H7NO/c19-13-1-2-14(21)16(20)15(13)18(25)24-10-5-11-12(9-3-4-26-8-9)7-23-17(11)22-6-10;1-2-3-4-5/h1-8H,21H2,(H,22,23)(H,24,25);2-3H2,1H3. The van der Waals surface area contributed by atoms with E-state index in [9.17, 15) is 13.6 Å². The molecule has 160 valence electrons. The Morgan fingerprint density at radius 1 is 1.32 bits per heavy atom. The fourth-order valence-corrected chi connectivity index (χ4v) is 2.79. The molecule has 0 aliphatic rings. The molecule has 1 aromatic carbocycles. The summed E-state index contributed by atoms with van der Waals surface area (Å²) in [5.74, 6) is -3.05. The summed E-state index contributed by atoms with van der Waals surface area (Å²) >= 11 is 0. The number of anilines is 2. The number of carbonyl (C=O) groups excluding carboxylic acids is 1. The summed E-state index contributed by atoms with van der Waals surface area (Å²) in [5, 5.41) is 5.77. The number of halogens is 2. The van der Waals surface area contributed by atoms with Crippen molar-refractivity contribution in [3.63, 3.8) is 0 Å². The number of amides is 1. The van der Waals surface area contributed by atoms with Gasteiger partial charge in [-0.05, 0) is 30.7 Å². The number of nitrogen functional groups attached to an aromatic ring is 1. The van der Waals surface area contributed by atoms with Gasteiger partial charge >= 0.3 is 0 Å². The average molecular weight is 427 g/mol. The summed E-state index contributed by atoms with van der Waals surface area (Å²) in [4.78, 5) is 28.7. The zero-order valence-electron chi connectivity index (χ0n) is 16.5. The quantitative estimate of drug-likeness (QED) is 0.302. The molecule has 10 heteroatoms. The van der Waals surface area contributed by atoms with Gasteiger partial charge in [-0.2, -0.15) is 4.91 Å². The molecule has 0 unspecified atom stereocenters. The van der Waals surface area contributed by atoms with Crippen LogP contribution in [0.5, 0.6) is 0 Å². The number of fused-ring (bicyclic) bond motifs is 1. The van der Waals surface area contributed by atoms with Crippen molar-refractivity contribution < 1.29 is 18.0 Å². The van der Waals surface area contributed by atoms with Crippen molar-refractivity contribution >= 4 is 28.3 Å². The molecule has 0 fully saturated rings. The molecule has 4 rings (SSSR count). The topological polar surface area (TPSA) is 126 Å². The molecular weight excluding hydrogens is 408 g/mol. The maximum atomic E-state index is 14.0. The highest BCUT2D eigenvalue weighted by Gasteiger charge is 2.20. The van der Waals surface area contributed by atoms with Gasteiger partial charge < -0.3 is 20.5 Å². The van der Waals surface area contributed by atoms with Crippen molar-refractivity contribution in [2.45, 2.75) is 13.3 Å². The molecule has 0 saturated heterocycles. The zero-order valence-corrected chi connectivity index (χ0v) is 16.5. The second-order valence-electron chi connectivity index (χ2n) is 6.47. The lowest BCUT2D eigenvalue weighted by atomic mass is 10.1. The number of rotatable bonds is 5. The summed E-state index contributed by atoms with van der Waals surface area (Å²) in [7, 11) is 0. The molecule has 0 bridgehead atoms. The van der Waals surface area contributed by atoms with E-state index in [0.29, 0.717) is 12.2 Å². The first-order valence-corrected chi connectivity index (χ1v) is 9.29. The Hall–Kier alpha value is -4.08. The normalized spacial score (nSPS) is 10.4.